The molecule has 1 aliphatic heterocycles. The van der Waals surface area contributed by atoms with Gasteiger partial charge in [0.05, 0.1) is 5.92 Å². The second-order valence-electron chi connectivity index (χ2n) is 6.43. The number of carbonyl (C=O) groups excluding carboxylic acids is 1. The zero-order valence-corrected chi connectivity index (χ0v) is 13.7. The number of thioether (sulfide) groups is 1. The van der Waals surface area contributed by atoms with Crippen LogP contribution in [0.3, 0.4) is 0 Å². The topological polar surface area (TPSA) is 32.3 Å². The number of carbonyl (C=O) groups is 1. The van der Waals surface area contributed by atoms with Gasteiger partial charge in [0, 0.05) is 23.6 Å². The molecular formula is C14H25F3N2OS. The molecule has 1 atom stereocenters. The maximum atomic E-state index is 12.1. The Kier molecular flexibility index (Phi) is 6.84. The van der Waals surface area contributed by atoms with Crippen LogP contribution in [0, 0.1) is 5.92 Å². The van der Waals surface area contributed by atoms with Crippen LogP contribution in [0.15, 0.2) is 0 Å². The van der Waals surface area contributed by atoms with Crippen molar-refractivity contribution in [2.24, 2.45) is 5.92 Å². The maximum Gasteiger partial charge on any atom is 0.405 e. The van der Waals surface area contributed by atoms with E-state index in [1.807, 2.05) is 17.1 Å². The number of amides is 1. The molecule has 21 heavy (non-hydrogen) atoms. The van der Waals surface area contributed by atoms with Crippen molar-refractivity contribution >= 4 is 17.7 Å². The summed E-state index contributed by atoms with van der Waals surface area (Å²) >= 11 is 1.86. The number of hydrogen-bond acceptors (Lipinski definition) is 3. The number of halogens is 3. The third-order valence-electron chi connectivity index (χ3n) is 3.28. The van der Waals surface area contributed by atoms with Gasteiger partial charge in [-0.2, -0.15) is 24.9 Å². The van der Waals surface area contributed by atoms with E-state index >= 15 is 0 Å². The standard InChI is InChI=1S/C14H25F3N2OS/c1-13(2,3)21-8-7-19-6-4-5-11(9-19)12(20)18-10-14(15,16)17/h11H,4-10H2,1-3H3,(H,18,20)/t11-/m0/s1. The molecule has 0 saturated carbocycles. The highest BCUT2D eigenvalue weighted by atomic mass is 32.2. The molecule has 7 heteroatoms. The Morgan fingerprint density at radius 1 is 1.33 bits per heavy atom. The van der Waals surface area contributed by atoms with E-state index in [2.05, 4.69) is 25.7 Å². The molecule has 1 saturated heterocycles. The number of nitrogens with zero attached hydrogens (tertiary/aromatic N) is 1. The van der Waals surface area contributed by atoms with Crippen molar-refractivity contribution in [3.05, 3.63) is 0 Å². The summed E-state index contributed by atoms with van der Waals surface area (Å²) in [7, 11) is 0. The summed E-state index contributed by atoms with van der Waals surface area (Å²) in [6.07, 6.45) is -2.80. The minimum atomic E-state index is -4.34. The molecule has 1 aliphatic rings. The van der Waals surface area contributed by atoms with E-state index in [9.17, 15) is 18.0 Å². The van der Waals surface area contributed by atoms with Gasteiger partial charge in [-0.15, -0.1) is 0 Å². The molecule has 0 radical (unpaired) electrons. The molecule has 0 aromatic carbocycles. The fraction of sp³-hybridized carbons (Fsp3) is 0.929. The number of nitrogens with one attached hydrogen (secondary N) is 1. The fourth-order valence-electron chi connectivity index (χ4n) is 2.29. The fourth-order valence-corrected chi connectivity index (χ4v) is 3.25. The third-order valence-corrected chi connectivity index (χ3v) is 4.53. The molecule has 0 aromatic heterocycles. The first-order chi connectivity index (χ1) is 9.57. The van der Waals surface area contributed by atoms with Crippen LogP contribution in [-0.2, 0) is 4.79 Å². The summed E-state index contributed by atoms with van der Waals surface area (Å²) in [6.45, 7) is 7.60. The Balaban J connectivity index is 2.33. The predicted molar refractivity (Wildman–Crippen MR) is 80.4 cm³/mol. The van der Waals surface area contributed by atoms with Crippen LogP contribution in [0.4, 0.5) is 13.2 Å². The van der Waals surface area contributed by atoms with E-state index in [-0.39, 0.29) is 10.7 Å². The molecule has 1 amide bonds. The van der Waals surface area contributed by atoms with Crippen LogP contribution in [0.25, 0.3) is 0 Å². The minimum Gasteiger partial charge on any atom is -0.347 e. The molecule has 0 aliphatic carbocycles. The Morgan fingerprint density at radius 3 is 2.57 bits per heavy atom. The van der Waals surface area contributed by atoms with Gasteiger partial charge in [-0.1, -0.05) is 20.8 Å². The largest absolute Gasteiger partial charge is 0.405 e. The molecule has 1 fully saturated rings. The van der Waals surface area contributed by atoms with Gasteiger partial charge in [0.2, 0.25) is 5.91 Å². The average Bonchev–Trinajstić information content (AvgIpc) is 2.34. The number of alkyl halides is 3. The Bertz CT molecular complexity index is 342. The van der Waals surface area contributed by atoms with E-state index in [1.165, 1.54) is 0 Å². The highest BCUT2D eigenvalue weighted by molar-refractivity contribution is 8.00. The van der Waals surface area contributed by atoms with E-state index in [0.717, 1.165) is 25.3 Å². The van der Waals surface area contributed by atoms with Crippen LogP contribution in [0.1, 0.15) is 33.6 Å². The van der Waals surface area contributed by atoms with Crippen LogP contribution in [-0.4, -0.2) is 53.7 Å². The lowest BCUT2D eigenvalue weighted by atomic mass is 9.97. The molecule has 1 heterocycles. The summed E-state index contributed by atoms with van der Waals surface area (Å²) in [4.78, 5) is 14.0. The molecule has 124 valence electrons. The van der Waals surface area contributed by atoms with E-state index in [1.54, 1.807) is 0 Å². The summed E-state index contributed by atoms with van der Waals surface area (Å²) in [5.41, 5.74) is 0. The molecule has 0 aromatic rings. The molecule has 0 unspecified atom stereocenters. The van der Waals surface area contributed by atoms with Crippen molar-refractivity contribution in [2.75, 3.05) is 31.9 Å². The van der Waals surface area contributed by atoms with Crippen molar-refractivity contribution in [1.82, 2.24) is 10.2 Å². The number of likely N-dealkylation sites (tertiary alicyclic amines) is 1. The van der Waals surface area contributed by atoms with Crippen LogP contribution in [0.2, 0.25) is 0 Å². The van der Waals surface area contributed by atoms with Crippen molar-refractivity contribution < 1.29 is 18.0 Å². The van der Waals surface area contributed by atoms with Crippen molar-refractivity contribution in [1.29, 1.82) is 0 Å². The van der Waals surface area contributed by atoms with Gasteiger partial charge in [0.15, 0.2) is 0 Å². The third kappa shape index (κ3) is 8.56. The van der Waals surface area contributed by atoms with Crippen molar-refractivity contribution in [2.45, 2.75) is 44.5 Å². The predicted octanol–water partition coefficient (Wildman–Crippen LogP) is 2.91. The first-order valence-corrected chi connectivity index (χ1v) is 8.26. The van der Waals surface area contributed by atoms with E-state index in [0.29, 0.717) is 13.0 Å². The Morgan fingerprint density at radius 2 is 2.00 bits per heavy atom. The van der Waals surface area contributed by atoms with Gasteiger partial charge >= 0.3 is 6.18 Å². The minimum absolute atomic E-state index is 0.208. The van der Waals surface area contributed by atoms with Gasteiger partial charge in [-0.3, -0.25) is 4.79 Å². The number of rotatable bonds is 5. The molecule has 3 nitrogen and oxygen atoms in total. The van der Waals surface area contributed by atoms with E-state index in [4.69, 9.17) is 0 Å². The summed E-state index contributed by atoms with van der Waals surface area (Å²) in [6, 6.07) is 0. The molecule has 1 N–H and O–H groups in total. The van der Waals surface area contributed by atoms with Gasteiger partial charge < -0.3 is 10.2 Å². The number of hydrogen-bond donors (Lipinski definition) is 1. The smallest absolute Gasteiger partial charge is 0.347 e. The van der Waals surface area contributed by atoms with Crippen molar-refractivity contribution in [3.8, 4) is 0 Å². The molecule has 0 bridgehead atoms. The molecule has 1 rings (SSSR count). The second kappa shape index (κ2) is 7.72. The first-order valence-electron chi connectivity index (χ1n) is 7.27. The highest BCUT2D eigenvalue weighted by Crippen LogP contribution is 2.24. The highest BCUT2D eigenvalue weighted by Gasteiger charge is 2.31. The SMILES string of the molecule is CC(C)(C)SCCN1CCC[C@H](C(=O)NCC(F)(F)F)C1. The van der Waals surface area contributed by atoms with Crippen molar-refractivity contribution in [3.63, 3.8) is 0 Å². The van der Waals surface area contributed by atoms with E-state index < -0.39 is 18.6 Å². The summed E-state index contributed by atoms with van der Waals surface area (Å²) < 4.78 is 36.5. The number of piperidine rings is 1. The Labute approximate surface area is 129 Å². The zero-order chi connectivity index (χ0) is 16.1. The van der Waals surface area contributed by atoms with Crippen LogP contribution >= 0.6 is 11.8 Å². The van der Waals surface area contributed by atoms with Crippen LogP contribution < -0.4 is 5.32 Å². The lowest BCUT2D eigenvalue weighted by Crippen LogP contribution is -2.45. The second-order valence-corrected chi connectivity index (χ2v) is 8.36. The van der Waals surface area contributed by atoms with Gasteiger partial charge in [-0.25, -0.2) is 0 Å². The lowest BCUT2D eigenvalue weighted by Gasteiger charge is -2.32. The maximum absolute atomic E-state index is 12.1. The average molecular weight is 326 g/mol. The van der Waals surface area contributed by atoms with Gasteiger partial charge in [0.25, 0.3) is 0 Å². The normalized spacial score (nSPS) is 21.3. The quantitative estimate of drug-likeness (QED) is 0.843. The Hall–Kier alpha value is -0.430. The first kappa shape index (κ1) is 18.6. The summed E-state index contributed by atoms with van der Waals surface area (Å²) in [5.74, 6) is 0.182. The molecular weight excluding hydrogens is 301 g/mol. The monoisotopic (exact) mass is 326 g/mol. The van der Waals surface area contributed by atoms with Gasteiger partial charge in [0.1, 0.15) is 6.54 Å². The lowest BCUT2D eigenvalue weighted by molar-refractivity contribution is -0.141. The summed E-state index contributed by atoms with van der Waals surface area (Å²) in [5, 5.41) is 2.00. The van der Waals surface area contributed by atoms with Gasteiger partial charge in [-0.05, 0) is 19.4 Å². The zero-order valence-electron chi connectivity index (χ0n) is 12.9. The van der Waals surface area contributed by atoms with Crippen LogP contribution in [0.5, 0.6) is 0 Å². The molecule has 0 spiro atoms.